The monoisotopic (exact) mass is 323 g/mol. The van der Waals surface area contributed by atoms with Crippen molar-refractivity contribution in [1.29, 1.82) is 0 Å². The van der Waals surface area contributed by atoms with E-state index in [0.717, 1.165) is 30.1 Å². The molecule has 0 spiro atoms. The predicted octanol–water partition coefficient (Wildman–Crippen LogP) is 2.27. The average molecular weight is 323 g/mol. The van der Waals surface area contributed by atoms with Crippen LogP contribution in [0.2, 0.25) is 0 Å². The van der Waals surface area contributed by atoms with E-state index in [-0.39, 0.29) is 18.1 Å². The highest BCUT2D eigenvalue weighted by molar-refractivity contribution is 8.00. The van der Waals surface area contributed by atoms with Gasteiger partial charge in [0.1, 0.15) is 0 Å². The third-order valence-corrected chi connectivity index (χ3v) is 5.57. The Morgan fingerprint density at radius 3 is 2.86 bits per heavy atom. The number of carbonyl (C=O) groups excluding carboxylic acids is 1. The van der Waals surface area contributed by atoms with Crippen molar-refractivity contribution in [3.63, 3.8) is 0 Å². The molecular weight excluding hydrogens is 298 g/mol. The molecule has 1 aliphatic rings. The number of rotatable bonds is 3. The van der Waals surface area contributed by atoms with Crippen molar-refractivity contribution in [3.8, 4) is 0 Å². The van der Waals surface area contributed by atoms with E-state index in [4.69, 9.17) is 0 Å². The topological polar surface area (TPSA) is 65.2 Å². The maximum Gasteiger partial charge on any atom is 0.317 e. The molecule has 1 fully saturated rings. The summed E-state index contributed by atoms with van der Waals surface area (Å²) in [6.07, 6.45) is 0. The van der Waals surface area contributed by atoms with E-state index in [1.165, 1.54) is 0 Å². The molecular formula is C16H25N3O2S. The van der Waals surface area contributed by atoms with E-state index in [1.807, 2.05) is 36.6 Å². The maximum absolute atomic E-state index is 12.3. The zero-order chi connectivity index (χ0) is 16.3. The molecule has 1 aromatic heterocycles. The van der Waals surface area contributed by atoms with Crippen molar-refractivity contribution in [2.75, 3.05) is 18.8 Å². The van der Waals surface area contributed by atoms with Crippen LogP contribution in [0.1, 0.15) is 30.7 Å². The zero-order valence-corrected chi connectivity index (χ0v) is 14.5. The molecule has 1 unspecified atom stereocenters. The van der Waals surface area contributed by atoms with Crippen LogP contribution in [0.5, 0.6) is 0 Å². The minimum absolute atomic E-state index is 0.0784. The zero-order valence-electron chi connectivity index (χ0n) is 13.7. The van der Waals surface area contributed by atoms with E-state index in [1.54, 1.807) is 0 Å². The van der Waals surface area contributed by atoms with Gasteiger partial charge in [-0.25, -0.2) is 4.79 Å². The fourth-order valence-electron chi connectivity index (χ4n) is 2.64. The number of hydrogen-bond acceptors (Lipinski definition) is 3. The SMILES string of the molecule is Cc1cc(C)c(CNC(=O)N2CCSC(C(C)C)C2)c(=O)[nH]1. The first-order valence-corrected chi connectivity index (χ1v) is 8.77. The summed E-state index contributed by atoms with van der Waals surface area (Å²) >= 11 is 1.94. The third kappa shape index (κ3) is 4.06. The van der Waals surface area contributed by atoms with Crippen LogP contribution >= 0.6 is 11.8 Å². The van der Waals surface area contributed by atoms with Crippen molar-refractivity contribution in [1.82, 2.24) is 15.2 Å². The summed E-state index contributed by atoms with van der Waals surface area (Å²) in [5.41, 5.74) is 2.26. The number of urea groups is 1. The van der Waals surface area contributed by atoms with Gasteiger partial charge in [-0.3, -0.25) is 4.79 Å². The van der Waals surface area contributed by atoms with E-state index in [9.17, 15) is 9.59 Å². The first-order chi connectivity index (χ1) is 10.4. The third-order valence-electron chi connectivity index (χ3n) is 4.03. The van der Waals surface area contributed by atoms with Crippen LogP contribution < -0.4 is 10.9 Å². The smallest absolute Gasteiger partial charge is 0.317 e. The molecule has 1 aromatic rings. The molecule has 0 aliphatic carbocycles. The molecule has 22 heavy (non-hydrogen) atoms. The van der Waals surface area contributed by atoms with Gasteiger partial charge in [-0.1, -0.05) is 13.8 Å². The summed E-state index contributed by atoms with van der Waals surface area (Å²) in [4.78, 5) is 28.9. The van der Waals surface area contributed by atoms with Crippen molar-refractivity contribution in [2.24, 2.45) is 5.92 Å². The number of carbonyl (C=O) groups is 1. The molecule has 2 rings (SSSR count). The minimum atomic E-state index is -0.118. The fraction of sp³-hybridized carbons (Fsp3) is 0.625. The molecule has 1 aliphatic heterocycles. The van der Waals surface area contributed by atoms with Gasteiger partial charge in [-0.15, -0.1) is 0 Å². The minimum Gasteiger partial charge on any atom is -0.334 e. The van der Waals surface area contributed by atoms with E-state index in [0.29, 0.717) is 16.7 Å². The summed E-state index contributed by atoms with van der Waals surface area (Å²) in [6.45, 7) is 9.95. The van der Waals surface area contributed by atoms with Gasteiger partial charge in [0.25, 0.3) is 5.56 Å². The van der Waals surface area contributed by atoms with Crippen LogP contribution in [0.3, 0.4) is 0 Å². The average Bonchev–Trinajstić information content (AvgIpc) is 2.46. The van der Waals surface area contributed by atoms with Crippen molar-refractivity contribution >= 4 is 17.8 Å². The van der Waals surface area contributed by atoms with Crippen LogP contribution in [0, 0.1) is 19.8 Å². The van der Waals surface area contributed by atoms with E-state index >= 15 is 0 Å². The van der Waals surface area contributed by atoms with Crippen LogP contribution in [0.15, 0.2) is 10.9 Å². The molecule has 0 aromatic carbocycles. The van der Waals surface area contributed by atoms with Gasteiger partial charge < -0.3 is 15.2 Å². The van der Waals surface area contributed by atoms with Gasteiger partial charge in [0.2, 0.25) is 0 Å². The number of amides is 2. The Bertz CT molecular complexity index is 598. The first-order valence-electron chi connectivity index (χ1n) is 7.72. The van der Waals surface area contributed by atoms with Crippen molar-refractivity contribution in [2.45, 2.75) is 39.5 Å². The maximum atomic E-state index is 12.3. The number of aromatic amines is 1. The number of pyridine rings is 1. The van der Waals surface area contributed by atoms with Gasteiger partial charge in [0, 0.05) is 35.3 Å². The van der Waals surface area contributed by atoms with Crippen LogP contribution in [0.4, 0.5) is 4.79 Å². The fourth-order valence-corrected chi connectivity index (χ4v) is 3.94. The van der Waals surface area contributed by atoms with Gasteiger partial charge in [-0.2, -0.15) is 11.8 Å². The highest BCUT2D eigenvalue weighted by Crippen LogP contribution is 2.24. The molecule has 0 saturated carbocycles. The molecule has 0 bridgehead atoms. The Labute approximate surface area is 135 Å². The first kappa shape index (κ1) is 16.9. The van der Waals surface area contributed by atoms with E-state index in [2.05, 4.69) is 24.1 Å². The molecule has 2 heterocycles. The number of aromatic nitrogens is 1. The normalized spacial score (nSPS) is 18.6. The number of nitrogens with zero attached hydrogens (tertiary/aromatic N) is 1. The van der Waals surface area contributed by atoms with Gasteiger partial charge in [0.15, 0.2) is 0 Å². The molecule has 6 heteroatoms. The number of H-pyrrole nitrogens is 1. The van der Waals surface area contributed by atoms with Crippen LogP contribution in [0.25, 0.3) is 0 Å². The Morgan fingerprint density at radius 2 is 2.23 bits per heavy atom. The molecule has 1 saturated heterocycles. The second-order valence-corrected chi connectivity index (χ2v) is 7.55. The van der Waals surface area contributed by atoms with Gasteiger partial charge >= 0.3 is 6.03 Å². The van der Waals surface area contributed by atoms with Gasteiger partial charge in [0.05, 0.1) is 6.54 Å². The molecule has 1 atom stereocenters. The summed E-state index contributed by atoms with van der Waals surface area (Å²) in [5.74, 6) is 1.53. The largest absolute Gasteiger partial charge is 0.334 e. The summed E-state index contributed by atoms with van der Waals surface area (Å²) in [6, 6.07) is 1.85. The Balaban J connectivity index is 1.97. The second-order valence-electron chi connectivity index (χ2n) is 6.20. The van der Waals surface area contributed by atoms with E-state index < -0.39 is 0 Å². The molecule has 2 N–H and O–H groups in total. The van der Waals surface area contributed by atoms with Crippen molar-refractivity contribution < 1.29 is 4.79 Å². The summed E-state index contributed by atoms with van der Waals surface area (Å²) in [5, 5.41) is 3.38. The highest BCUT2D eigenvalue weighted by atomic mass is 32.2. The quantitative estimate of drug-likeness (QED) is 0.897. The molecule has 2 amide bonds. The molecule has 5 nitrogen and oxygen atoms in total. The van der Waals surface area contributed by atoms with Crippen LogP contribution in [-0.2, 0) is 6.54 Å². The lowest BCUT2D eigenvalue weighted by Gasteiger charge is -2.34. The van der Waals surface area contributed by atoms with Gasteiger partial charge in [-0.05, 0) is 31.4 Å². The lowest BCUT2D eigenvalue weighted by Crippen LogP contribution is -2.48. The number of aryl methyl sites for hydroxylation is 2. The Hall–Kier alpha value is -1.43. The summed E-state index contributed by atoms with van der Waals surface area (Å²) < 4.78 is 0. The molecule has 122 valence electrons. The summed E-state index contributed by atoms with van der Waals surface area (Å²) in [7, 11) is 0. The highest BCUT2D eigenvalue weighted by Gasteiger charge is 2.26. The lowest BCUT2D eigenvalue weighted by molar-refractivity contribution is 0.196. The van der Waals surface area contributed by atoms with Crippen LogP contribution in [-0.4, -0.2) is 40.0 Å². The van der Waals surface area contributed by atoms with Crippen molar-refractivity contribution in [3.05, 3.63) is 33.2 Å². The predicted molar refractivity (Wildman–Crippen MR) is 91.4 cm³/mol. The number of hydrogen-bond donors (Lipinski definition) is 2. The Kier molecular flexibility index (Phi) is 5.56. The number of thioether (sulfide) groups is 1. The lowest BCUT2D eigenvalue weighted by atomic mass is 10.1. The standard InChI is InChI=1S/C16H25N3O2S/c1-10(2)14-9-19(5-6-22-14)16(21)17-8-13-11(3)7-12(4)18-15(13)20/h7,10,14H,5-6,8-9H2,1-4H3,(H,17,21)(H,18,20). The Morgan fingerprint density at radius 1 is 1.50 bits per heavy atom. The second kappa shape index (κ2) is 7.22. The number of nitrogens with one attached hydrogen (secondary N) is 2. The molecule has 0 radical (unpaired) electrons.